The second kappa shape index (κ2) is 9.13. The van der Waals surface area contributed by atoms with E-state index >= 15 is 0 Å². The zero-order valence-corrected chi connectivity index (χ0v) is 18.8. The van der Waals surface area contributed by atoms with Crippen molar-refractivity contribution in [3.8, 4) is 5.69 Å². The van der Waals surface area contributed by atoms with Crippen molar-refractivity contribution in [2.75, 3.05) is 24.6 Å². The highest BCUT2D eigenvalue weighted by molar-refractivity contribution is 7.99. The largest absolute Gasteiger partial charge is 0.384 e. The van der Waals surface area contributed by atoms with Gasteiger partial charge in [-0.3, -0.25) is 28.2 Å². The number of benzene rings is 1. The minimum absolute atomic E-state index is 0.0632. The summed E-state index contributed by atoms with van der Waals surface area (Å²) in [6.45, 7) is 2.72. The van der Waals surface area contributed by atoms with Crippen LogP contribution in [-0.2, 0) is 20.6 Å². The summed E-state index contributed by atoms with van der Waals surface area (Å²) in [7, 11) is 2.75. The van der Waals surface area contributed by atoms with Crippen LogP contribution in [0, 0.1) is 0 Å². The molecule has 1 aliphatic heterocycles. The van der Waals surface area contributed by atoms with Crippen LogP contribution >= 0.6 is 11.8 Å². The molecule has 10 nitrogen and oxygen atoms in total. The maximum Gasteiger partial charge on any atom is 0.332 e. The molecule has 4 rings (SSSR count). The molecule has 0 saturated carbocycles. The fourth-order valence-electron chi connectivity index (χ4n) is 3.80. The zero-order valence-electron chi connectivity index (χ0n) is 18.0. The molecule has 0 radical (unpaired) electrons. The molecule has 1 aromatic carbocycles. The SMILES string of the molecule is Cn1c(N)c(C(=O)CSc2nnc(CN3CCCC3)n2-c2ccccc2)c(=O)n(C)c1=O. The lowest BCUT2D eigenvalue weighted by Gasteiger charge is -2.16. The molecule has 0 bridgehead atoms. The van der Waals surface area contributed by atoms with Crippen molar-refractivity contribution in [1.82, 2.24) is 28.8 Å². The standard InChI is InChI=1S/C21H25N7O3S/c1-25-18(22)17(19(30)26(2)21(25)31)15(29)13-32-20-24-23-16(12-27-10-6-7-11-27)28(20)14-8-4-3-5-9-14/h3-5,8-9H,6-7,10-13,22H2,1-2H3. The van der Waals surface area contributed by atoms with Gasteiger partial charge in [-0.2, -0.15) is 0 Å². The first-order valence-electron chi connectivity index (χ1n) is 10.3. The summed E-state index contributed by atoms with van der Waals surface area (Å²) in [5.74, 6) is 0.132. The van der Waals surface area contributed by atoms with Gasteiger partial charge >= 0.3 is 5.69 Å². The second-order valence-electron chi connectivity index (χ2n) is 7.73. The lowest BCUT2D eigenvalue weighted by molar-refractivity contribution is 0.102. The lowest BCUT2D eigenvalue weighted by Crippen LogP contribution is -2.41. The van der Waals surface area contributed by atoms with Gasteiger partial charge in [-0.25, -0.2) is 4.79 Å². The zero-order chi connectivity index (χ0) is 22.8. The number of nitrogen functional groups attached to an aromatic ring is 1. The molecule has 2 N–H and O–H groups in total. The Morgan fingerprint density at radius 3 is 2.44 bits per heavy atom. The van der Waals surface area contributed by atoms with Crippen LogP contribution in [0.5, 0.6) is 0 Å². The Morgan fingerprint density at radius 2 is 1.75 bits per heavy atom. The molecular weight excluding hydrogens is 430 g/mol. The molecule has 32 heavy (non-hydrogen) atoms. The number of hydrogen-bond acceptors (Lipinski definition) is 8. The maximum atomic E-state index is 12.9. The Labute approximate surface area is 188 Å². The average Bonchev–Trinajstić information content (AvgIpc) is 3.46. The van der Waals surface area contributed by atoms with Crippen LogP contribution in [-0.4, -0.2) is 53.4 Å². The van der Waals surface area contributed by atoms with E-state index in [9.17, 15) is 14.4 Å². The van der Waals surface area contributed by atoms with Gasteiger partial charge in [0.2, 0.25) is 0 Å². The van der Waals surface area contributed by atoms with Gasteiger partial charge in [0.1, 0.15) is 11.4 Å². The lowest BCUT2D eigenvalue weighted by atomic mass is 10.2. The molecule has 1 aliphatic rings. The highest BCUT2D eigenvalue weighted by Gasteiger charge is 2.23. The van der Waals surface area contributed by atoms with Crippen LogP contribution in [0.2, 0.25) is 0 Å². The van der Waals surface area contributed by atoms with Gasteiger partial charge in [0, 0.05) is 19.8 Å². The number of thioether (sulfide) groups is 1. The van der Waals surface area contributed by atoms with E-state index in [1.165, 1.54) is 38.7 Å². The van der Waals surface area contributed by atoms with Crippen molar-refractivity contribution in [2.45, 2.75) is 24.5 Å². The van der Waals surface area contributed by atoms with Crippen molar-refractivity contribution >= 4 is 23.4 Å². The highest BCUT2D eigenvalue weighted by Crippen LogP contribution is 2.24. The van der Waals surface area contributed by atoms with Gasteiger partial charge in [-0.1, -0.05) is 30.0 Å². The molecule has 0 atom stereocenters. The van der Waals surface area contributed by atoms with E-state index in [0.29, 0.717) is 11.7 Å². The Hall–Kier alpha value is -3.18. The molecule has 1 saturated heterocycles. The van der Waals surface area contributed by atoms with Crippen LogP contribution in [0.4, 0.5) is 5.82 Å². The van der Waals surface area contributed by atoms with Crippen molar-refractivity contribution in [2.24, 2.45) is 14.1 Å². The molecule has 11 heteroatoms. The van der Waals surface area contributed by atoms with Crippen LogP contribution in [0.15, 0.2) is 45.1 Å². The fraction of sp³-hybridized carbons (Fsp3) is 0.381. The van der Waals surface area contributed by atoms with Crippen LogP contribution in [0.25, 0.3) is 5.69 Å². The third-order valence-electron chi connectivity index (χ3n) is 5.60. The number of para-hydroxylation sites is 1. The summed E-state index contributed by atoms with van der Waals surface area (Å²) in [5, 5.41) is 9.26. The maximum absolute atomic E-state index is 12.9. The Bertz CT molecular complexity index is 1260. The molecule has 168 valence electrons. The summed E-state index contributed by atoms with van der Waals surface area (Å²) in [6, 6.07) is 9.72. The molecule has 1 fully saturated rings. The van der Waals surface area contributed by atoms with E-state index in [-0.39, 0.29) is 17.1 Å². The van der Waals surface area contributed by atoms with Gasteiger partial charge in [0.15, 0.2) is 16.8 Å². The van der Waals surface area contributed by atoms with Crippen LogP contribution in [0.3, 0.4) is 0 Å². The Balaban J connectivity index is 1.63. The minimum Gasteiger partial charge on any atom is -0.384 e. The normalized spacial score (nSPS) is 14.2. The number of ketones is 1. The summed E-state index contributed by atoms with van der Waals surface area (Å²) < 4.78 is 3.92. The van der Waals surface area contributed by atoms with Gasteiger partial charge in [-0.15, -0.1) is 10.2 Å². The van der Waals surface area contributed by atoms with Crippen LogP contribution in [0.1, 0.15) is 29.0 Å². The molecule has 0 unspecified atom stereocenters. The quantitative estimate of drug-likeness (QED) is 0.411. The van der Waals surface area contributed by atoms with E-state index < -0.39 is 17.0 Å². The molecule has 0 amide bonds. The number of likely N-dealkylation sites (tertiary alicyclic amines) is 1. The van der Waals surface area contributed by atoms with E-state index in [4.69, 9.17) is 5.73 Å². The van der Waals surface area contributed by atoms with E-state index in [1.807, 2.05) is 34.9 Å². The number of aromatic nitrogens is 5. The van der Waals surface area contributed by atoms with Gasteiger partial charge < -0.3 is 5.73 Å². The first-order chi connectivity index (χ1) is 15.4. The predicted octanol–water partition coefficient (Wildman–Crippen LogP) is 0.818. The minimum atomic E-state index is -0.699. The smallest absolute Gasteiger partial charge is 0.332 e. The summed E-state index contributed by atoms with van der Waals surface area (Å²) in [5.41, 5.74) is 5.36. The number of Topliss-reactive ketones (excluding diaryl/α,β-unsaturated/α-hetero) is 1. The van der Waals surface area contributed by atoms with Crippen LogP contribution < -0.4 is 17.0 Å². The molecule has 0 spiro atoms. The van der Waals surface area contributed by atoms with E-state index in [1.54, 1.807) is 0 Å². The summed E-state index contributed by atoms with van der Waals surface area (Å²) in [4.78, 5) is 39.8. The molecular formula is C21H25N7O3S. The highest BCUT2D eigenvalue weighted by atomic mass is 32.2. The van der Waals surface area contributed by atoms with Crippen molar-refractivity contribution in [1.29, 1.82) is 0 Å². The Kier molecular flexibility index (Phi) is 6.28. The third-order valence-corrected chi connectivity index (χ3v) is 6.53. The van der Waals surface area contributed by atoms with Gasteiger partial charge in [0.05, 0.1) is 12.3 Å². The number of nitrogens with zero attached hydrogens (tertiary/aromatic N) is 6. The second-order valence-corrected chi connectivity index (χ2v) is 8.67. The first-order valence-corrected chi connectivity index (χ1v) is 11.3. The first kappa shape index (κ1) is 22.0. The van der Waals surface area contributed by atoms with Crippen molar-refractivity contribution in [3.05, 3.63) is 62.6 Å². The van der Waals surface area contributed by atoms with Crippen molar-refractivity contribution < 1.29 is 4.79 Å². The number of hydrogen-bond donors (Lipinski definition) is 1. The van der Waals surface area contributed by atoms with Gasteiger partial charge in [0.25, 0.3) is 5.56 Å². The number of anilines is 1. The summed E-state index contributed by atoms with van der Waals surface area (Å²) >= 11 is 1.19. The number of carbonyl (C=O) groups is 1. The monoisotopic (exact) mass is 455 g/mol. The third kappa shape index (κ3) is 4.13. The summed E-state index contributed by atoms with van der Waals surface area (Å²) in [6.07, 6.45) is 2.34. The topological polar surface area (TPSA) is 121 Å². The van der Waals surface area contributed by atoms with Gasteiger partial charge in [-0.05, 0) is 38.1 Å². The number of rotatable bonds is 7. The van der Waals surface area contributed by atoms with E-state index in [2.05, 4.69) is 15.1 Å². The average molecular weight is 456 g/mol. The molecule has 3 heterocycles. The fourth-order valence-corrected chi connectivity index (χ4v) is 4.64. The Morgan fingerprint density at radius 1 is 1.06 bits per heavy atom. The van der Waals surface area contributed by atoms with Crippen molar-refractivity contribution in [3.63, 3.8) is 0 Å². The molecule has 0 aliphatic carbocycles. The number of nitrogens with two attached hydrogens (primary N) is 1. The predicted molar refractivity (Wildman–Crippen MR) is 122 cm³/mol. The number of carbonyl (C=O) groups excluding carboxylic acids is 1. The molecule has 3 aromatic rings. The molecule has 2 aromatic heterocycles. The van der Waals surface area contributed by atoms with E-state index in [0.717, 1.165) is 33.7 Å².